The molecule has 19 heavy (non-hydrogen) atoms. The first-order valence-electron chi connectivity index (χ1n) is 6.44. The minimum absolute atomic E-state index is 0.0535. The van der Waals surface area contributed by atoms with Crippen LogP contribution in [-0.4, -0.2) is 17.2 Å². The number of hydrogen-bond donors (Lipinski definition) is 2. The molecule has 2 aromatic rings. The van der Waals surface area contributed by atoms with Crippen LogP contribution in [0.5, 0.6) is 0 Å². The first-order valence-corrected chi connectivity index (χ1v) is 6.44. The highest BCUT2D eigenvalue weighted by Gasteiger charge is 2.14. The van der Waals surface area contributed by atoms with E-state index in [4.69, 9.17) is 4.42 Å². The maximum atomic E-state index is 5.56. The Morgan fingerprint density at radius 1 is 1.05 bits per heavy atom. The highest BCUT2D eigenvalue weighted by atomic mass is 16.4. The van der Waals surface area contributed by atoms with Crippen molar-refractivity contribution in [3.8, 4) is 0 Å². The van der Waals surface area contributed by atoms with Gasteiger partial charge in [0.1, 0.15) is 0 Å². The lowest BCUT2D eigenvalue weighted by atomic mass is 10.1. The van der Waals surface area contributed by atoms with Crippen LogP contribution in [0.25, 0.3) is 0 Å². The molecule has 1 aromatic carbocycles. The van der Waals surface area contributed by atoms with Crippen molar-refractivity contribution in [3.05, 3.63) is 41.3 Å². The molecule has 0 saturated carbocycles. The second kappa shape index (κ2) is 5.84. The van der Waals surface area contributed by atoms with Gasteiger partial charge in [0, 0.05) is 0 Å². The van der Waals surface area contributed by atoms with Crippen molar-refractivity contribution in [3.63, 3.8) is 0 Å². The van der Waals surface area contributed by atoms with Crippen molar-refractivity contribution < 1.29 is 4.42 Å². The minimum Gasteiger partial charge on any atom is -0.406 e. The number of anilines is 1. The molecule has 102 valence electrons. The van der Waals surface area contributed by atoms with Gasteiger partial charge in [0.15, 0.2) is 0 Å². The standard InChI is InChI=1S/C14H20N4O/c1-9-5-7-12(8-6-9)10(2)16-14-18-17-13(19-14)11(3)15-4/h5-8,10-11,15H,1-4H3,(H,16,18). The van der Waals surface area contributed by atoms with Gasteiger partial charge in [-0.3, -0.25) is 0 Å². The van der Waals surface area contributed by atoms with Gasteiger partial charge in [-0.15, -0.1) is 5.10 Å². The van der Waals surface area contributed by atoms with Gasteiger partial charge in [-0.2, -0.15) is 0 Å². The molecule has 2 unspecified atom stereocenters. The first kappa shape index (κ1) is 13.5. The van der Waals surface area contributed by atoms with Crippen LogP contribution in [0.4, 0.5) is 6.01 Å². The Morgan fingerprint density at radius 2 is 1.74 bits per heavy atom. The number of aryl methyl sites for hydroxylation is 1. The highest BCUT2D eigenvalue weighted by molar-refractivity contribution is 5.30. The van der Waals surface area contributed by atoms with Crippen LogP contribution in [0.2, 0.25) is 0 Å². The molecule has 0 amide bonds. The number of nitrogens with one attached hydrogen (secondary N) is 2. The third-order valence-corrected chi connectivity index (χ3v) is 3.16. The number of nitrogens with zero attached hydrogens (tertiary/aromatic N) is 2. The van der Waals surface area contributed by atoms with E-state index in [1.165, 1.54) is 11.1 Å². The van der Waals surface area contributed by atoms with Crippen molar-refractivity contribution in [2.24, 2.45) is 0 Å². The van der Waals surface area contributed by atoms with Gasteiger partial charge in [0.2, 0.25) is 5.89 Å². The lowest BCUT2D eigenvalue weighted by Gasteiger charge is -2.12. The normalized spacial score (nSPS) is 14.1. The van der Waals surface area contributed by atoms with Crippen molar-refractivity contribution in [2.45, 2.75) is 32.9 Å². The Bertz CT molecular complexity index is 520. The van der Waals surface area contributed by atoms with Gasteiger partial charge in [-0.05, 0) is 33.4 Å². The van der Waals surface area contributed by atoms with Crippen LogP contribution in [-0.2, 0) is 0 Å². The maximum Gasteiger partial charge on any atom is 0.315 e. The average molecular weight is 260 g/mol. The molecule has 2 atom stereocenters. The SMILES string of the molecule is CNC(C)c1nnc(NC(C)c2ccc(C)cc2)o1. The van der Waals surface area contributed by atoms with Gasteiger partial charge in [-0.25, -0.2) is 0 Å². The molecule has 0 aliphatic rings. The average Bonchev–Trinajstić information content (AvgIpc) is 2.87. The Hall–Kier alpha value is -1.88. The lowest BCUT2D eigenvalue weighted by molar-refractivity contribution is 0.439. The maximum absolute atomic E-state index is 5.56. The van der Waals surface area contributed by atoms with Crippen LogP contribution in [0.15, 0.2) is 28.7 Å². The van der Waals surface area contributed by atoms with Gasteiger partial charge in [-0.1, -0.05) is 34.9 Å². The summed E-state index contributed by atoms with van der Waals surface area (Å²) >= 11 is 0. The molecule has 5 heteroatoms. The summed E-state index contributed by atoms with van der Waals surface area (Å²) in [5.74, 6) is 0.584. The van der Waals surface area contributed by atoms with E-state index >= 15 is 0 Å². The topological polar surface area (TPSA) is 63.0 Å². The molecule has 1 aromatic heterocycles. The first-order chi connectivity index (χ1) is 9.10. The fraction of sp³-hybridized carbons (Fsp3) is 0.429. The molecule has 0 bridgehead atoms. The molecular formula is C14H20N4O. The van der Waals surface area contributed by atoms with E-state index in [9.17, 15) is 0 Å². The van der Waals surface area contributed by atoms with Crippen molar-refractivity contribution >= 4 is 6.01 Å². The molecule has 0 spiro atoms. The van der Waals surface area contributed by atoms with E-state index in [0.29, 0.717) is 11.9 Å². The predicted octanol–water partition coefficient (Wildman–Crippen LogP) is 2.83. The fourth-order valence-electron chi connectivity index (χ4n) is 1.72. The molecule has 0 aliphatic carbocycles. The summed E-state index contributed by atoms with van der Waals surface area (Å²) in [5, 5.41) is 14.3. The van der Waals surface area contributed by atoms with Gasteiger partial charge >= 0.3 is 6.01 Å². The van der Waals surface area contributed by atoms with E-state index in [0.717, 1.165) is 0 Å². The quantitative estimate of drug-likeness (QED) is 0.865. The van der Waals surface area contributed by atoms with Gasteiger partial charge in [0.25, 0.3) is 0 Å². The summed E-state index contributed by atoms with van der Waals surface area (Å²) < 4.78 is 5.56. The smallest absolute Gasteiger partial charge is 0.315 e. The zero-order valence-electron chi connectivity index (χ0n) is 11.8. The molecule has 2 rings (SSSR count). The Labute approximate surface area is 113 Å². The molecule has 0 aliphatic heterocycles. The van der Waals surface area contributed by atoms with Crippen LogP contribution < -0.4 is 10.6 Å². The van der Waals surface area contributed by atoms with E-state index in [-0.39, 0.29) is 12.1 Å². The molecule has 0 fully saturated rings. The monoisotopic (exact) mass is 260 g/mol. The van der Waals surface area contributed by atoms with Gasteiger partial charge in [0.05, 0.1) is 12.1 Å². The molecule has 5 nitrogen and oxygen atoms in total. The van der Waals surface area contributed by atoms with Crippen molar-refractivity contribution in [1.29, 1.82) is 0 Å². The Kier molecular flexibility index (Phi) is 4.16. The lowest BCUT2D eigenvalue weighted by Crippen LogP contribution is -2.12. The van der Waals surface area contributed by atoms with E-state index in [2.05, 4.69) is 58.9 Å². The minimum atomic E-state index is 0.0535. The summed E-state index contributed by atoms with van der Waals surface area (Å²) in [6.07, 6.45) is 0. The van der Waals surface area contributed by atoms with Gasteiger partial charge < -0.3 is 15.1 Å². The van der Waals surface area contributed by atoms with E-state index in [1.807, 2.05) is 14.0 Å². The molecule has 2 N–H and O–H groups in total. The fourth-order valence-corrected chi connectivity index (χ4v) is 1.72. The van der Waals surface area contributed by atoms with Crippen LogP contribution >= 0.6 is 0 Å². The zero-order valence-corrected chi connectivity index (χ0v) is 11.8. The summed E-state index contributed by atoms with van der Waals surface area (Å²) in [4.78, 5) is 0. The van der Waals surface area contributed by atoms with Crippen LogP contribution in [0.3, 0.4) is 0 Å². The molecule has 0 saturated heterocycles. The summed E-state index contributed by atoms with van der Waals surface area (Å²) in [6.45, 7) is 6.11. The van der Waals surface area contributed by atoms with Crippen LogP contribution in [0.1, 0.15) is 42.9 Å². The summed E-state index contributed by atoms with van der Waals surface area (Å²) in [7, 11) is 1.86. The molecular weight excluding hydrogens is 240 g/mol. The molecule has 1 heterocycles. The number of aromatic nitrogens is 2. The second-order valence-corrected chi connectivity index (χ2v) is 4.73. The third kappa shape index (κ3) is 3.32. The molecule has 0 radical (unpaired) electrons. The van der Waals surface area contributed by atoms with Crippen molar-refractivity contribution in [2.75, 3.05) is 12.4 Å². The summed E-state index contributed by atoms with van der Waals surface area (Å²) in [6, 6.07) is 9.01. The van der Waals surface area contributed by atoms with E-state index in [1.54, 1.807) is 0 Å². The number of benzene rings is 1. The number of rotatable bonds is 5. The largest absolute Gasteiger partial charge is 0.406 e. The summed E-state index contributed by atoms with van der Waals surface area (Å²) in [5.41, 5.74) is 2.44. The predicted molar refractivity (Wildman–Crippen MR) is 75.0 cm³/mol. The number of hydrogen-bond acceptors (Lipinski definition) is 5. The van der Waals surface area contributed by atoms with E-state index < -0.39 is 0 Å². The highest BCUT2D eigenvalue weighted by Crippen LogP contribution is 2.20. The third-order valence-electron chi connectivity index (χ3n) is 3.16. The Balaban J connectivity index is 2.04. The Morgan fingerprint density at radius 3 is 2.37 bits per heavy atom. The van der Waals surface area contributed by atoms with Crippen LogP contribution in [0, 0.1) is 6.92 Å². The van der Waals surface area contributed by atoms with Crippen molar-refractivity contribution in [1.82, 2.24) is 15.5 Å². The second-order valence-electron chi connectivity index (χ2n) is 4.73. The zero-order chi connectivity index (χ0) is 13.8.